The zero-order chi connectivity index (χ0) is 31.3. The largest absolute Gasteiger partial charge is 0.399 e. The first-order valence-corrected chi connectivity index (χ1v) is 16.2. The van der Waals surface area contributed by atoms with Gasteiger partial charge in [-0.15, -0.1) is 0 Å². The molecule has 4 nitrogen and oxygen atoms in total. The molecule has 46 heavy (non-hydrogen) atoms. The zero-order valence-electron chi connectivity index (χ0n) is 26.1. The van der Waals surface area contributed by atoms with Gasteiger partial charge in [0.15, 0.2) is 0 Å². The fraction of sp³-hybridized carbons (Fsp3) is 0.143. The first-order valence-electron chi connectivity index (χ1n) is 16.2. The molecule has 1 fully saturated rings. The first-order chi connectivity index (χ1) is 22.6. The van der Waals surface area contributed by atoms with Crippen molar-refractivity contribution in [1.82, 2.24) is 0 Å². The van der Waals surface area contributed by atoms with Crippen LogP contribution >= 0.6 is 0 Å². The third-order valence-corrected chi connectivity index (χ3v) is 9.39. The van der Waals surface area contributed by atoms with Crippen molar-refractivity contribution in [2.75, 3.05) is 21.3 Å². The third kappa shape index (κ3) is 5.82. The number of nitrogen functional groups attached to an aromatic ring is 2. The molecule has 4 heteroatoms. The maximum absolute atomic E-state index is 6.04. The highest BCUT2D eigenvalue weighted by molar-refractivity contribution is 5.78. The van der Waals surface area contributed by atoms with Crippen LogP contribution in [0.3, 0.4) is 0 Å². The Morgan fingerprint density at radius 2 is 0.652 bits per heavy atom. The van der Waals surface area contributed by atoms with Crippen LogP contribution in [0.1, 0.15) is 43.2 Å². The number of benzene rings is 6. The van der Waals surface area contributed by atoms with Gasteiger partial charge in [0.2, 0.25) is 0 Å². The highest BCUT2D eigenvalue weighted by Gasteiger charge is 2.36. The summed E-state index contributed by atoms with van der Waals surface area (Å²) in [6.07, 6.45) is 6.04. The van der Waals surface area contributed by atoms with Gasteiger partial charge in [0.05, 0.1) is 0 Å². The van der Waals surface area contributed by atoms with Crippen LogP contribution in [0.5, 0.6) is 0 Å². The predicted molar refractivity (Wildman–Crippen MR) is 195 cm³/mol. The Bertz CT molecular complexity index is 1710. The third-order valence-electron chi connectivity index (χ3n) is 9.39. The second-order valence-electron chi connectivity index (χ2n) is 12.3. The van der Waals surface area contributed by atoms with Gasteiger partial charge in [-0.3, -0.25) is 0 Å². The quantitative estimate of drug-likeness (QED) is 0.171. The number of anilines is 8. The van der Waals surface area contributed by atoms with E-state index in [-0.39, 0.29) is 5.41 Å². The fourth-order valence-electron chi connectivity index (χ4n) is 7.05. The van der Waals surface area contributed by atoms with Crippen molar-refractivity contribution >= 4 is 45.5 Å². The minimum absolute atomic E-state index is 0.0210. The van der Waals surface area contributed by atoms with Gasteiger partial charge >= 0.3 is 0 Å². The predicted octanol–water partition coefficient (Wildman–Crippen LogP) is 11.0. The summed E-state index contributed by atoms with van der Waals surface area (Å²) in [5, 5.41) is 0. The molecule has 0 unspecified atom stereocenters. The highest BCUT2D eigenvalue weighted by Crippen LogP contribution is 2.47. The second-order valence-corrected chi connectivity index (χ2v) is 12.3. The summed E-state index contributed by atoms with van der Waals surface area (Å²) in [6.45, 7) is 0. The minimum atomic E-state index is -0.0210. The van der Waals surface area contributed by atoms with Gasteiger partial charge < -0.3 is 21.3 Å². The molecular weight excluding hydrogens is 560 g/mol. The van der Waals surface area contributed by atoms with E-state index < -0.39 is 0 Å². The van der Waals surface area contributed by atoms with Crippen LogP contribution in [0.15, 0.2) is 158 Å². The Kier molecular flexibility index (Phi) is 8.18. The van der Waals surface area contributed by atoms with Gasteiger partial charge in [-0.1, -0.05) is 79.9 Å². The normalized spacial score (nSPS) is 14.0. The first kappa shape index (κ1) is 29.2. The molecule has 0 heterocycles. The summed E-state index contributed by atoms with van der Waals surface area (Å²) in [4.78, 5) is 4.59. The van der Waals surface area contributed by atoms with Gasteiger partial charge in [0.25, 0.3) is 0 Å². The molecule has 6 aromatic carbocycles. The summed E-state index contributed by atoms with van der Waals surface area (Å²) < 4.78 is 0. The van der Waals surface area contributed by atoms with E-state index in [2.05, 4.69) is 143 Å². The second kappa shape index (κ2) is 12.9. The Morgan fingerprint density at radius 3 is 1.00 bits per heavy atom. The van der Waals surface area contributed by atoms with E-state index >= 15 is 0 Å². The Hall–Kier alpha value is -5.48. The Labute approximate surface area is 272 Å². The molecule has 228 valence electrons. The smallest absolute Gasteiger partial charge is 0.0463 e. The number of hydrogen-bond donors (Lipinski definition) is 2. The van der Waals surface area contributed by atoms with Crippen molar-refractivity contribution in [3.05, 3.63) is 169 Å². The molecular formula is C42H40N4. The molecule has 1 aliphatic rings. The number of para-hydroxylation sites is 2. The van der Waals surface area contributed by atoms with Crippen LogP contribution in [0, 0.1) is 0 Å². The van der Waals surface area contributed by atoms with Gasteiger partial charge in [0.1, 0.15) is 0 Å². The Morgan fingerprint density at radius 1 is 0.348 bits per heavy atom. The summed E-state index contributed by atoms with van der Waals surface area (Å²) in [5.74, 6) is 0. The van der Waals surface area contributed by atoms with Crippen molar-refractivity contribution in [2.45, 2.75) is 37.5 Å². The van der Waals surface area contributed by atoms with E-state index in [1.165, 1.54) is 30.4 Å². The number of hydrogen-bond acceptors (Lipinski definition) is 4. The van der Waals surface area contributed by atoms with Gasteiger partial charge in [0, 0.05) is 50.9 Å². The molecule has 0 aromatic heterocycles. The number of rotatable bonds is 8. The molecule has 0 amide bonds. The lowest BCUT2D eigenvalue weighted by Gasteiger charge is -2.39. The molecule has 1 saturated carbocycles. The van der Waals surface area contributed by atoms with Crippen LogP contribution in [-0.4, -0.2) is 0 Å². The van der Waals surface area contributed by atoms with E-state index in [0.717, 1.165) is 58.3 Å². The van der Waals surface area contributed by atoms with Crippen LogP contribution in [0.2, 0.25) is 0 Å². The summed E-state index contributed by atoms with van der Waals surface area (Å²) >= 11 is 0. The van der Waals surface area contributed by atoms with E-state index in [4.69, 9.17) is 11.5 Å². The van der Waals surface area contributed by atoms with E-state index in [1.807, 2.05) is 24.3 Å². The zero-order valence-corrected chi connectivity index (χ0v) is 26.1. The van der Waals surface area contributed by atoms with Crippen molar-refractivity contribution < 1.29 is 0 Å². The van der Waals surface area contributed by atoms with Crippen molar-refractivity contribution in [1.29, 1.82) is 0 Å². The molecule has 0 bridgehead atoms. The standard InChI is InChI=1S/C42H40N4/c43-34-18-26-40(27-19-34)45(36-10-4-1-5-11-36)38-22-14-32(15-23-38)42(30-8-3-9-31-42)33-16-24-39(25-17-33)46(37-12-6-2-7-13-37)41-28-20-35(44)21-29-41/h1-2,4-7,10-29H,3,8-9,30-31,43-44H2. The molecule has 0 saturated heterocycles. The SMILES string of the molecule is Nc1ccc(N(c2ccccc2)c2ccc(C3(c4ccc(N(c5ccccc5)c5ccc(N)cc5)cc4)CCCCC3)cc2)cc1. The van der Waals surface area contributed by atoms with Crippen LogP contribution in [0.25, 0.3) is 0 Å². The van der Waals surface area contributed by atoms with Crippen molar-refractivity contribution in [3.63, 3.8) is 0 Å². The monoisotopic (exact) mass is 600 g/mol. The molecule has 0 aliphatic heterocycles. The Balaban J connectivity index is 1.25. The van der Waals surface area contributed by atoms with Crippen molar-refractivity contribution in [2.24, 2.45) is 0 Å². The van der Waals surface area contributed by atoms with Gasteiger partial charge in [-0.25, -0.2) is 0 Å². The van der Waals surface area contributed by atoms with Gasteiger partial charge in [-0.05, 0) is 121 Å². The lowest BCUT2D eigenvalue weighted by Crippen LogP contribution is -2.30. The molecule has 0 spiro atoms. The maximum Gasteiger partial charge on any atom is 0.0463 e. The molecule has 1 aliphatic carbocycles. The highest BCUT2D eigenvalue weighted by atomic mass is 15.1. The topological polar surface area (TPSA) is 58.5 Å². The van der Waals surface area contributed by atoms with E-state index in [9.17, 15) is 0 Å². The summed E-state index contributed by atoms with van der Waals surface area (Å²) in [7, 11) is 0. The van der Waals surface area contributed by atoms with Crippen molar-refractivity contribution in [3.8, 4) is 0 Å². The van der Waals surface area contributed by atoms with E-state index in [0.29, 0.717) is 0 Å². The average Bonchev–Trinajstić information content (AvgIpc) is 3.12. The fourth-order valence-corrected chi connectivity index (χ4v) is 7.05. The van der Waals surface area contributed by atoms with Crippen LogP contribution < -0.4 is 21.3 Å². The minimum Gasteiger partial charge on any atom is -0.399 e. The van der Waals surface area contributed by atoms with E-state index in [1.54, 1.807) is 0 Å². The molecule has 0 atom stereocenters. The van der Waals surface area contributed by atoms with Crippen LogP contribution in [0.4, 0.5) is 45.5 Å². The lowest BCUT2D eigenvalue weighted by molar-refractivity contribution is 0.346. The van der Waals surface area contributed by atoms with Gasteiger partial charge in [-0.2, -0.15) is 0 Å². The molecule has 0 radical (unpaired) electrons. The molecule has 6 aromatic rings. The lowest BCUT2D eigenvalue weighted by atomic mass is 9.65. The summed E-state index contributed by atoms with van der Waals surface area (Å²) in [5.41, 5.74) is 23.0. The number of nitrogens with zero attached hydrogens (tertiary/aromatic N) is 2. The van der Waals surface area contributed by atoms with Crippen LogP contribution in [-0.2, 0) is 5.41 Å². The molecule has 4 N–H and O–H groups in total. The number of nitrogens with two attached hydrogens (primary N) is 2. The summed E-state index contributed by atoms with van der Waals surface area (Å²) in [6, 6.07) is 55.8. The molecule has 7 rings (SSSR count). The average molecular weight is 601 g/mol. The maximum atomic E-state index is 6.04.